The van der Waals surface area contributed by atoms with Crippen molar-refractivity contribution in [1.29, 1.82) is 0 Å². The molecule has 1 aromatic rings. The highest BCUT2D eigenvalue weighted by Gasteiger charge is 2.37. The van der Waals surface area contributed by atoms with E-state index in [4.69, 9.17) is 4.74 Å². The maximum Gasteiger partial charge on any atom is 0.0693 e. The standard InChI is InChI=1S/C17H25NO2/c19-13-17(18-15-9-10-15,14-5-2-1-3-6-14)11-12-20-16-7-4-8-16/h1-3,5-6,15-16,18-19H,4,7-13H2. The zero-order valence-corrected chi connectivity index (χ0v) is 12.1. The van der Waals surface area contributed by atoms with Crippen molar-refractivity contribution in [3.05, 3.63) is 35.9 Å². The van der Waals surface area contributed by atoms with Crippen LogP contribution in [0.1, 0.15) is 44.1 Å². The van der Waals surface area contributed by atoms with E-state index >= 15 is 0 Å². The monoisotopic (exact) mass is 275 g/mol. The van der Waals surface area contributed by atoms with Crippen molar-refractivity contribution in [2.24, 2.45) is 0 Å². The highest BCUT2D eigenvalue weighted by atomic mass is 16.5. The molecular weight excluding hydrogens is 250 g/mol. The van der Waals surface area contributed by atoms with E-state index in [0.29, 0.717) is 12.1 Å². The first kappa shape index (κ1) is 14.1. The lowest BCUT2D eigenvalue weighted by Crippen LogP contribution is -2.48. The first-order valence-corrected chi connectivity index (χ1v) is 7.88. The Bertz CT molecular complexity index is 414. The summed E-state index contributed by atoms with van der Waals surface area (Å²) in [6.45, 7) is 0.849. The molecule has 0 aromatic heterocycles. The minimum absolute atomic E-state index is 0.127. The van der Waals surface area contributed by atoms with Gasteiger partial charge in [-0.1, -0.05) is 30.3 Å². The number of hydrogen-bond acceptors (Lipinski definition) is 3. The van der Waals surface area contributed by atoms with Crippen LogP contribution in [0.25, 0.3) is 0 Å². The van der Waals surface area contributed by atoms with Crippen molar-refractivity contribution in [3.63, 3.8) is 0 Å². The Morgan fingerprint density at radius 3 is 2.45 bits per heavy atom. The Hall–Kier alpha value is -0.900. The average Bonchev–Trinajstić information content (AvgIpc) is 3.25. The number of ether oxygens (including phenoxy) is 1. The van der Waals surface area contributed by atoms with Gasteiger partial charge in [-0.25, -0.2) is 0 Å². The molecule has 1 atom stereocenters. The van der Waals surface area contributed by atoms with Crippen LogP contribution in [0.15, 0.2) is 30.3 Å². The minimum atomic E-state index is -0.341. The van der Waals surface area contributed by atoms with Gasteiger partial charge in [0.25, 0.3) is 0 Å². The van der Waals surface area contributed by atoms with E-state index in [-0.39, 0.29) is 12.1 Å². The molecule has 3 nitrogen and oxygen atoms in total. The third-order valence-electron chi connectivity index (χ3n) is 4.59. The lowest BCUT2D eigenvalue weighted by molar-refractivity contribution is -0.0139. The number of rotatable bonds is 8. The quantitative estimate of drug-likeness (QED) is 0.766. The molecule has 2 N–H and O–H groups in total. The molecule has 0 bridgehead atoms. The number of benzene rings is 1. The first-order valence-electron chi connectivity index (χ1n) is 7.88. The van der Waals surface area contributed by atoms with Gasteiger partial charge in [-0.15, -0.1) is 0 Å². The van der Waals surface area contributed by atoms with E-state index in [9.17, 15) is 5.11 Å². The molecule has 0 heterocycles. The fraction of sp³-hybridized carbons (Fsp3) is 0.647. The Labute approximate surface area is 121 Å². The van der Waals surface area contributed by atoms with Gasteiger partial charge in [-0.2, -0.15) is 0 Å². The van der Waals surface area contributed by atoms with E-state index in [1.54, 1.807) is 0 Å². The summed E-state index contributed by atoms with van der Waals surface area (Å²) in [6, 6.07) is 10.9. The number of hydrogen-bond donors (Lipinski definition) is 2. The van der Waals surface area contributed by atoms with Crippen LogP contribution in [-0.4, -0.2) is 30.5 Å². The van der Waals surface area contributed by atoms with Gasteiger partial charge < -0.3 is 15.2 Å². The number of aliphatic hydroxyl groups is 1. The highest BCUT2D eigenvalue weighted by molar-refractivity contribution is 5.25. The van der Waals surface area contributed by atoms with E-state index in [2.05, 4.69) is 17.4 Å². The molecule has 110 valence electrons. The van der Waals surface area contributed by atoms with Crippen LogP contribution in [0.4, 0.5) is 0 Å². The summed E-state index contributed by atoms with van der Waals surface area (Å²) >= 11 is 0. The summed E-state index contributed by atoms with van der Waals surface area (Å²) in [5.41, 5.74) is 0.832. The zero-order chi connectivity index (χ0) is 13.8. The zero-order valence-electron chi connectivity index (χ0n) is 12.1. The molecule has 1 aromatic carbocycles. The van der Waals surface area contributed by atoms with Crippen LogP contribution < -0.4 is 5.32 Å². The molecule has 0 aliphatic heterocycles. The molecule has 20 heavy (non-hydrogen) atoms. The molecule has 2 fully saturated rings. The van der Waals surface area contributed by atoms with Crippen LogP contribution >= 0.6 is 0 Å². The molecule has 2 aliphatic carbocycles. The number of aliphatic hydroxyl groups excluding tert-OH is 1. The van der Waals surface area contributed by atoms with Crippen molar-refractivity contribution in [3.8, 4) is 0 Å². The van der Waals surface area contributed by atoms with Crippen molar-refractivity contribution in [1.82, 2.24) is 5.32 Å². The van der Waals surface area contributed by atoms with Gasteiger partial charge in [-0.3, -0.25) is 0 Å². The summed E-state index contributed by atoms with van der Waals surface area (Å²) in [7, 11) is 0. The van der Waals surface area contributed by atoms with Crippen LogP contribution in [-0.2, 0) is 10.3 Å². The van der Waals surface area contributed by atoms with E-state index in [1.807, 2.05) is 18.2 Å². The Morgan fingerprint density at radius 2 is 1.90 bits per heavy atom. The second-order valence-corrected chi connectivity index (χ2v) is 6.20. The fourth-order valence-corrected chi connectivity index (χ4v) is 2.83. The maximum absolute atomic E-state index is 10.0. The van der Waals surface area contributed by atoms with Crippen molar-refractivity contribution in [2.75, 3.05) is 13.2 Å². The second-order valence-electron chi connectivity index (χ2n) is 6.20. The normalized spacial score (nSPS) is 22.2. The summed E-state index contributed by atoms with van der Waals surface area (Å²) < 4.78 is 5.91. The minimum Gasteiger partial charge on any atom is -0.394 e. The molecule has 3 rings (SSSR count). The van der Waals surface area contributed by atoms with E-state index in [1.165, 1.54) is 37.7 Å². The third kappa shape index (κ3) is 3.22. The van der Waals surface area contributed by atoms with E-state index in [0.717, 1.165) is 13.0 Å². The molecule has 2 saturated carbocycles. The fourth-order valence-electron chi connectivity index (χ4n) is 2.83. The molecule has 2 aliphatic rings. The Kier molecular flexibility index (Phi) is 4.39. The predicted octanol–water partition coefficient (Wildman–Crippen LogP) is 2.59. The van der Waals surface area contributed by atoms with Crippen LogP contribution in [0, 0.1) is 0 Å². The molecule has 0 radical (unpaired) electrons. The summed E-state index contributed by atoms with van der Waals surface area (Å²) in [5.74, 6) is 0. The van der Waals surface area contributed by atoms with Gasteiger partial charge in [0, 0.05) is 12.6 Å². The SMILES string of the molecule is OCC(CCOC1CCC1)(NC1CC1)c1ccccc1. The molecule has 1 unspecified atom stereocenters. The van der Waals surface area contributed by atoms with Crippen molar-refractivity contribution < 1.29 is 9.84 Å². The molecule has 0 spiro atoms. The van der Waals surface area contributed by atoms with Gasteiger partial charge in [0.15, 0.2) is 0 Å². The Morgan fingerprint density at radius 1 is 1.15 bits per heavy atom. The summed E-state index contributed by atoms with van der Waals surface area (Å²) in [5, 5.41) is 13.7. The molecule has 3 heteroatoms. The van der Waals surface area contributed by atoms with Crippen LogP contribution in [0.5, 0.6) is 0 Å². The molecule has 0 amide bonds. The lowest BCUT2D eigenvalue weighted by atomic mass is 9.87. The van der Waals surface area contributed by atoms with Crippen molar-refractivity contribution in [2.45, 2.75) is 56.2 Å². The topological polar surface area (TPSA) is 41.5 Å². The third-order valence-corrected chi connectivity index (χ3v) is 4.59. The maximum atomic E-state index is 10.0. The van der Waals surface area contributed by atoms with Gasteiger partial charge >= 0.3 is 0 Å². The van der Waals surface area contributed by atoms with Gasteiger partial charge in [0.1, 0.15) is 0 Å². The summed E-state index contributed by atoms with van der Waals surface area (Å²) in [4.78, 5) is 0. The lowest BCUT2D eigenvalue weighted by Gasteiger charge is -2.35. The van der Waals surface area contributed by atoms with Crippen molar-refractivity contribution >= 4 is 0 Å². The predicted molar refractivity (Wildman–Crippen MR) is 79.6 cm³/mol. The summed E-state index contributed by atoms with van der Waals surface area (Å²) in [6.07, 6.45) is 7.44. The first-order chi connectivity index (χ1) is 9.82. The largest absolute Gasteiger partial charge is 0.394 e. The van der Waals surface area contributed by atoms with Crippen LogP contribution in [0.3, 0.4) is 0 Å². The second kappa shape index (κ2) is 6.25. The van der Waals surface area contributed by atoms with E-state index < -0.39 is 0 Å². The molecular formula is C17H25NO2. The Balaban J connectivity index is 1.67. The van der Waals surface area contributed by atoms with Crippen LogP contribution in [0.2, 0.25) is 0 Å². The van der Waals surface area contributed by atoms with Gasteiger partial charge in [-0.05, 0) is 44.1 Å². The van der Waals surface area contributed by atoms with Gasteiger partial charge in [0.05, 0.1) is 18.2 Å². The highest BCUT2D eigenvalue weighted by Crippen LogP contribution is 2.32. The number of nitrogens with one attached hydrogen (secondary N) is 1. The molecule has 0 saturated heterocycles. The smallest absolute Gasteiger partial charge is 0.0693 e. The van der Waals surface area contributed by atoms with Gasteiger partial charge in [0.2, 0.25) is 0 Å². The average molecular weight is 275 g/mol.